The van der Waals surface area contributed by atoms with Crippen LogP contribution < -0.4 is 10.1 Å². The van der Waals surface area contributed by atoms with Crippen molar-refractivity contribution in [3.05, 3.63) is 101 Å². The van der Waals surface area contributed by atoms with Gasteiger partial charge in [-0.2, -0.15) is 0 Å². The van der Waals surface area contributed by atoms with Crippen LogP contribution in [0.15, 0.2) is 84.0 Å². The van der Waals surface area contributed by atoms with Crippen LogP contribution in [0.1, 0.15) is 22.3 Å². The van der Waals surface area contributed by atoms with Gasteiger partial charge in [0.15, 0.2) is 5.71 Å². The number of carbonyl (C=O) groups excluding carboxylic acids is 1. The molecule has 0 spiro atoms. The fourth-order valence-electron chi connectivity index (χ4n) is 2.92. The SMILES string of the molecule is CON=C(C(=O)NCc1ccccc1)c1ccccc1COc1ccccc1C. The van der Waals surface area contributed by atoms with Crippen LogP contribution in [0.2, 0.25) is 0 Å². The van der Waals surface area contributed by atoms with Crippen molar-refractivity contribution in [1.82, 2.24) is 5.32 Å². The van der Waals surface area contributed by atoms with Gasteiger partial charge in [-0.1, -0.05) is 78.0 Å². The van der Waals surface area contributed by atoms with Gasteiger partial charge in [0.25, 0.3) is 5.91 Å². The number of oxime groups is 1. The molecule has 29 heavy (non-hydrogen) atoms. The smallest absolute Gasteiger partial charge is 0.274 e. The van der Waals surface area contributed by atoms with Gasteiger partial charge < -0.3 is 14.9 Å². The molecule has 3 aromatic carbocycles. The third-order valence-corrected chi connectivity index (χ3v) is 4.44. The fraction of sp³-hybridized carbons (Fsp3) is 0.167. The molecule has 0 atom stereocenters. The van der Waals surface area contributed by atoms with Crippen molar-refractivity contribution < 1.29 is 14.4 Å². The topological polar surface area (TPSA) is 59.9 Å². The van der Waals surface area contributed by atoms with Crippen molar-refractivity contribution in [2.45, 2.75) is 20.1 Å². The monoisotopic (exact) mass is 388 g/mol. The Morgan fingerprint density at radius 2 is 1.62 bits per heavy atom. The highest BCUT2D eigenvalue weighted by atomic mass is 16.6. The fourth-order valence-corrected chi connectivity index (χ4v) is 2.92. The van der Waals surface area contributed by atoms with Gasteiger partial charge in [0, 0.05) is 12.1 Å². The number of para-hydroxylation sites is 1. The van der Waals surface area contributed by atoms with Crippen molar-refractivity contribution in [1.29, 1.82) is 0 Å². The average molecular weight is 388 g/mol. The van der Waals surface area contributed by atoms with Gasteiger partial charge in [-0.05, 0) is 29.7 Å². The number of amides is 1. The summed E-state index contributed by atoms with van der Waals surface area (Å²) in [5.41, 5.74) is 3.80. The summed E-state index contributed by atoms with van der Waals surface area (Å²) >= 11 is 0. The average Bonchev–Trinajstić information content (AvgIpc) is 2.76. The first kappa shape index (κ1) is 20.1. The van der Waals surface area contributed by atoms with Crippen molar-refractivity contribution in [2.24, 2.45) is 5.16 Å². The standard InChI is InChI=1S/C24H24N2O3/c1-18-10-6-9-15-22(18)29-17-20-13-7-8-14-21(20)23(26-28-2)24(27)25-16-19-11-4-3-5-12-19/h3-15H,16-17H2,1-2H3,(H,25,27). The Morgan fingerprint density at radius 1 is 0.931 bits per heavy atom. The van der Waals surface area contributed by atoms with Crippen LogP contribution in [0.4, 0.5) is 0 Å². The van der Waals surface area contributed by atoms with Gasteiger partial charge in [-0.25, -0.2) is 0 Å². The zero-order valence-corrected chi connectivity index (χ0v) is 16.6. The molecule has 5 heteroatoms. The van der Waals surface area contributed by atoms with Crippen LogP contribution in [0.25, 0.3) is 0 Å². The molecule has 0 bridgehead atoms. The third-order valence-electron chi connectivity index (χ3n) is 4.44. The summed E-state index contributed by atoms with van der Waals surface area (Å²) in [6.45, 7) is 2.72. The highest BCUT2D eigenvalue weighted by Gasteiger charge is 2.18. The van der Waals surface area contributed by atoms with Gasteiger partial charge in [0.05, 0.1) is 0 Å². The molecule has 0 saturated heterocycles. The number of nitrogens with one attached hydrogen (secondary N) is 1. The molecular weight excluding hydrogens is 364 g/mol. The summed E-state index contributed by atoms with van der Waals surface area (Å²) in [5.74, 6) is 0.500. The Labute approximate surface area is 171 Å². The van der Waals surface area contributed by atoms with E-state index in [0.29, 0.717) is 18.7 Å². The molecule has 1 amide bonds. The lowest BCUT2D eigenvalue weighted by Gasteiger charge is -2.14. The van der Waals surface area contributed by atoms with E-state index in [1.54, 1.807) is 0 Å². The van der Waals surface area contributed by atoms with Gasteiger partial charge in [-0.15, -0.1) is 0 Å². The van der Waals surface area contributed by atoms with Gasteiger partial charge >= 0.3 is 0 Å². The molecule has 1 N–H and O–H groups in total. The summed E-state index contributed by atoms with van der Waals surface area (Å²) in [5, 5.41) is 6.89. The number of benzene rings is 3. The van der Waals surface area contributed by atoms with Crippen LogP contribution in [0, 0.1) is 6.92 Å². The van der Waals surface area contributed by atoms with Crippen molar-refractivity contribution in [2.75, 3.05) is 7.11 Å². The molecule has 0 heterocycles. The first-order chi connectivity index (χ1) is 14.2. The van der Waals surface area contributed by atoms with E-state index in [1.807, 2.05) is 85.8 Å². The minimum Gasteiger partial charge on any atom is -0.489 e. The van der Waals surface area contributed by atoms with Gasteiger partial charge in [0.1, 0.15) is 19.5 Å². The summed E-state index contributed by atoms with van der Waals surface area (Å²) in [6.07, 6.45) is 0. The summed E-state index contributed by atoms with van der Waals surface area (Å²) in [4.78, 5) is 17.8. The molecule has 0 aromatic heterocycles. The van der Waals surface area contributed by atoms with Gasteiger partial charge in [0.2, 0.25) is 0 Å². The normalized spacial score (nSPS) is 11.0. The van der Waals surface area contributed by atoms with E-state index in [1.165, 1.54) is 7.11 Å². The third kappa shape index (κ3) is 5.45. The summed E-state index contributed by atoms with van der Waals surface area (Å²) < 4.78 is 5.97. The first-order valence-corrected chi connectivity index (χ1v) is 9.39. The predicted molar refractivity (Wildman–Crippen MR) is 114 cm³/mol. The first-order valence-electron chi connectivity index (χ1n) is 9.39. The van der Waals surface area contributed by atoms with E-state index in [-0.39, 0.29) is 11.6 Å². The molecule has 3 aromatic rings. The van der Waals surface area contributed by atoms with Crippen LogP contribution >= 0.6 is 0 Å². The molecule has 0 unspecified atom stereocenters. The second-order valence-electron chi connectivity index (χ2n) is 6.50. The second-order valence-corrected chi connectivity index (χ2v) is 6.50. The Kier molecular flexibility index (Phi) is 7.00. The predicted octanol–water partition coefficient (Wildman–Crippen LogP) is 4.24. The molecule has 0 aliphatic rings. The number of hydrogen-bond donors (Lipinski definition) is 1. The van der Waals surface area contributed by atoms with E-state index in [9.17, 15) is 4.79 Å². The van der Waals surface area contributed by atoms with Gasteiger partial charge in [-0.3, -0.25) is 4.79 Å². The quantitative estimate of drug-likeness (QED) is 0.464. The Morgan fingerprint density at radius 3 is 2.38 bits per heavy atom. The maximum atomic E-state index is 12.8. The van der Waals surface area contributed by atoms with Crippen molar-refractivity contribution in [3.8, 4) is 5.75 Å². The molecule has 0 radical (unpaired) electrons. The highest BCUT2D eigenvalue weighted by molar-refractivity contribution is 6.45. The molecule has 0 saturated carbocycles. The van der Waals surface area contributed by atoms with Crippen LogP contribution in [-0.4, -0.2) is 18.7 Å². The lowest BCUT2D eigenvalue weighted by atomic mass is 10.0. The van der Waals surface area contributed by atoms with Crippen molar-refractivity contribution >= 4 is 11.6 Å². The Bertz CT molecular complexity index is 984. The van der Waals surface area contributed by atoms with E-state index < -0.39 is 0 Å². The van der Waals surface area contributed by atoms with E-state index >= 15 is 0 Å². The molecular formula is C24H24N2O3. The van der Waals surface area contributed by atoms with E-state index in [2.05, 4.69) is 10.5 Å². The summed E-state index contributed by atoms with van der Waals surface area (Å²) in [7, 11) is 1.43. The zero-order valence-electron chi connectivity index (χ0n) is 16.6. The number of carbonyl (C=O) groups is 1. The van der Waals surface area contributed by atoms with Crippen molar-refractivity contribution in [3.63, 3.8) is 0 Å². The van der Waals surface area contributed by atoms with E-state index in [4.69, 9.17) is 9.57 Å². The molecule has 3 rings (SSSR count). The maximum absolute atomic E-state index is 12.8. The molecule has 0 aliphatic carbocycles. The Balaban J connectivity index is 1.77. The lowest BCUT2D eigenvalue weighted by Crippen LogP contribution is -2.32. The number of aryl methyl sites for hydroxylation is 1. The number of nitrogens with zero attached hydrogens (tertiary/aromatic N) is 1. The lowest BCUT2D eigenvalue weighted by molar-refractivity contribution is -0.115. The van der Waals surface area contributed by atoms with Crippen LogP contribution in [0.5, 0.6) is 5.75 Å². The number of ether oxygens (including phenoxy) is 1. The van der Waals surface area contributed by atoms with Crippen LogP contribution in [-0.2, 0) is 22.8 Å². The molecule has 0 fully saturated rings. The largest absolute Gasteiger partial charge is 0.489 e. The second kappa shape index (κ2) is 10.1. The molecule has 148 valence electrons. The molecule has 0 aliphatic heterocycles. The van der Waals surface area contributed by atoms with E-state index in [0.717, 1.165) is 22.4 Å². The highest BCUT2D eigenvalue weighted by Crippen LogP contribution is 2.19. The number of hydrogen-bond acceptors (Lipinski definition) is 4. The molecule has 5 nitrogen and oxygen atoms in total. The summed E-state index contributed by atoms with van der Waals surface area (Å²) in [6, 6.07) is 25.1. The Hall–Kier alpha value is -3.60. The zero-order chi connectivity index (χ0) is 20.5. The van der Waals surface area contributed by atoms with Crippen LogP contribution in [0.3, 0.4) is 0 Å². The minimum atomic E-state index is -0.306. The number of rotatable bonds is 8. The minimum absolute atomic E-state index is 0.215. The maximum Gasteiger partial charge on any atom is 0.274 e.